The standard InChI is InChI=1S/C20H16ClN3O3S/c1-2-24-19(26)18-17(14-5-3-4-6-15(14)27-18)23-20(24)28-11-16(25)22-13-9-7-12(21)8-10-13/h3-10H,2,11H2,1H3,(H,22,25). The second-order valence-corrected chi connectivity index (χ2v) is 7.44. The number of amides is 1. The van der Waals surface area contributed by atoms with Gasteiger partial charge in [0, 0.05) is 22.6 Å². The molecule has 0 aliphatic carbocycles. The van der Waals surface area contributed by atoms with E-state index in [1.54, 1.807) is 30.3 Å². The quantitative estimate of drug-likeness (QED) is 0.383. The summed E-state index contributed by atoms with van der Waals surface area (Å²) in [4.78, 5) is 29.7. The van der Waals surface area contributed by atoms with Crippen LogP contribution in [0.5, 0.6) is 0 Å². The number of aromatic nitrogens is 2. The number of fused-ring (bicyclic) bond motifs is 3. The average molecular weight is 414 g/mol. The first-order chi connectivity index (χ1) is 13.6. The van der Waals surface area contributed by atoms with Crippen LogP contribution in [0, 0.1) is 0 Å². The van der Waals surface area contributed by atoms with Gasteiger partial charge in [0.1, 0.15) is 11.1 Å². The molecule has 0 saturated heterocycles. The van der Waals surface area contributed by atoms with Crippen molar-refractivity contribution in [3.63, 3.8) is 0 Å². The molecule has 0 bridgehead atoms. The van der Waals surface area contributed by atoms with Gasteiger partial charge in [0.2, 0.25) is 11.5 Å². The van der Waals surface area contributed by atoms with Gasteiger partial charge in [-0.3, -0.25) is 14.2 Å². The van der Waals surface area contributed by atoms with Crippen LogP contribution < -0.4 is 10.9 Å². The number of rotatable bonds is 5. The molecule has 142 valence electrons. The first kappa shape index (κ1) is 18.6. The van der Waals surface area contributed by atoms with Gasteiger partial charge < -0.3 is 9.73 Å². The number of nitrogens with zero attached hydrogens (tertiary/aromatic N) is 2. The molecule has 8 heteroatoms. The number of anilines is 1. The molecule has 1 N–H and O–H groups in total. The number of furan rings is 1. The number of thioether (sulfide) groups is 1. The highest BCUT2D eigenvalue weighted by atomic mass is 35.5. The molecule has 28 heavy (non-hydrogen) atoms. The van der Waals surface area contributed by atoms with Gasteiger partial charge in [-0.25, -0.2) is 4.98 Å². The first-order valence-electron chi connectivity index (χ1n) is 8.67. The number of benzene rings is 2. The van der Waals surface area contributed by atoms with Crippen LogP contribution in [0.15, 0.2) is 62.9 Å². The Labute approximate surface area is 169 Å². The fraction of sp³-hybridized carbons (Fsp3) is 0.150. The predicted molar refractivity (Wildman–Crippen MR) is 112 cm³/mol. The Kier molecular flexibility index (Phi) is 5.11. The maximum Gasteiger partial charge on any atom is 0.297 e. The number of hydrogen-bond donors (Lipinski definition) is 1. The SMILES string of the molecule is CCn1c(SCC(=O)Nc2ccc(Cl)cc2)nc2c(oc3ccccc32)c1=O. The van der Waals surface area contributed by atoms with Crippen LogP contribution in [0.4, 0.5) is 5.69 Å². The van der Waals surface area contributed by atoms with Crippen LogP contribution in [0.1, 0.15) is 6.92 Å². The van der Waals surface area contributed by atoms with Crippen molar-refractivity contribution in [3.8, 4) is 0 Å². The Morgan fingerprint density at radius 2 is 1.96 bits per heavy atom. The van der Waals surface area contributed by atoms with E-state index in [2.05, 4.69) is 10.3 Å². The summed E-state index contributed by atoms with van der Waals surface area (Å²) in [5, 5.41) is 4.67. The van der Waals surface area contributed by atoms with Crippen molar-refractivity contribution in [2.75, 3.05) is 11.1 Å². The lowest BCUT2D eigenvalue weighted by molar-refractivity contribution is -0.113. The second kappa shape index (κ2) is 7.69. The topological polar surface area (TPSA) is 77.1 Å². The first-order valence-corrected chi connectivity index (χ1v) is 10.0. The van der Waals surface area contributed by atoms with E-state index in [0.717, 1.165) is 5.39 Å². The van der Waals surface area contributed by atoms with Crippen LogP contribution in [-0.2, 0) is 11.3 Å². The van der Waals surface area contributed by atoms with Crippen molar-refractivity contribution in [1.82, 2.24) is 9.55 Å². The number of carbonyl (C=O) groups excluding carboxylic acids is 1. The summed E-state index contributed by atoms with van der Waals surface area (Å²) in [6.45, 7) is 2.29. The third kappa shape index (κ3) is 3.50. The normalized spacial score (nSPS) is 11.2. The van der Waals surface area contributed by atoms with Gasteiger partial charge in [0.25, 0.3) is 5.56 Å². The van der Waals surface area contributed by atoms with Crippen LogP contribution in [-0.4, -0.2) is 21.2 Å². The van der Waals surface area contributed by atoms with Crippen molar-refractivity contribution in [1.29, 1.82) is 0 Å². The molecule has 6 nitrogen and oxygen atoms in total. The van der Waals surface area contributed by atoms with Gasteiger partial charge in [0.15, 0.2) is 5.16 Å². The summed E-state index contributed by atoms with van der Waals surface area (Å²) < 4.78 is 7.22. The average Bonchev–Trinajstić information content (AvgIpc) is 3.07. The van der Waals surface area contributed by atoms with E-state index < -0.39 is 0 Å². The lowest BCUT2D eigenvalue weighted by Crippen LogP contribution is -2.23. The molecule has 4 aromatic rings. The molecular weight excluding hydrogens is 398 g/mol. The Morgan fingerprint density at radius 3 is 2.71 bits per heavy atom. The highest BCUT2D eigenvalue weighted by Gasteiger charge is 2.17. The number of para-hydroxylation sites is 1. The van der Waals surface area contributed by atoms with Crippen molar-refractivity contribution in [3.05, 3.63) is 63.9 Å². The summed E-state index contributed by atoms with van der Waals surface area (Å²) in [6.07, 6.45) is 0. The molecule has 0 saturated carbocycles. The zero-order valence-corrected chi connectivity index (χ0v) is 16.5. The van der Waals surface area contributed by atoms with Gasteiger partial charge in [-0.1, -0.05) is 35.5 Å². The zero-order valence-electron chi connectivity index (χ0n) is 14.9. The van der Waals surface area contributed by atoms with Gasteiger partial charge in [-0.2, -0.15) is 0 Å². The number of halogens is 1. The van der Waals surface area contributed by atoms with Crippen LogP contribution in [0.3, 0.4) is 0 Å². The number of carbonyl (C=O) groups is 1. The summed E-state index contributed by atoms with van der Waals surface area (Å²) in [5.41, 5.74) is 1.78. The van der Waals surface area contributed by atoms with E-state index in [1.165, 1.54) is 16.3 Å². The minimum atomic E-state index is -0.246. The maximum absolute atomic E-state index is 12.8. The lowest BCUT2D eigenvalue weighted by atomic mass is 10.2. The number of hydrogen-bond acceptors (Lipinski definition) is 5. The van der Waals surface area contributed by atoms with E-state index in [0.29, 0.717) is 33.5 Å². The van der Waals surface area contributed by atoms with Crippen molar-refractivity contribution >= 4 is 57.0 Å². The molecule has 0 fully saturated rings. The summed E-state index contributed by atoms with van der Waals surface area (Å²) >= 11 is 7.07. The summed E-state index contributed by atoms with van der Waals surface area (Å²) in [7, 11) is 0. The summed E-state index contributed by atoms with van der Waals surface area (Å²) in [5.74, 6) is -0.0718. The molecule has 0 aliphatic heterocycles. The van der Waals surface area contributed by atoms with Crippen molar-refractivity contribution in [2.24, 2.45) is 0 Å². The fourth-order valence-corrected chi connectivity index (χ4v) is 3.88. The highest BCUT2D eigenvalue weighted by Crippen LogP contribution is 2.27. The van der Waals surface area contributed by atoms with Crippen LogP contribution >= 0.6 is 23.4 Å². The second-order valence-electron chi connectivity index (χ2n) is 6.06. The lowest BCUT2D eigenvalue weighted by Gasteiger charge is -2.09. The highest BCUT2D eigenvalue weighted by molar-refractivity contribution is 7.99. The molecule has 2 aromatic heterocycles. The smallest absolute Gasteiger partial charge is 0.297 e. The predicted octanol–water partition coefficient (Wildman–Crippen LogP) is 4.55. The summed E-state index contributed by atoms with van der Waals surface area (Å²) in [6, 6.07) is 14.3. The van der Waals surface area contributed by atoms with Gasteiger partial charge in [-0.05, 0) is 43.3 Å². The molecule has 0 spiro atoms. The van der Waals surface area contributed by atoms with E-state index in [-0.39, 0.29) is 22.8 Å². The van der Waals surface area contributed by atoms with Gasteiger partial charge in [-0.15, -0.1) is 0 Å². The Balaban J connectivity index is 1.62. The Bertz CT molecular complexity index is 1230. The van der Waals surface area contributed by atoms with Crippen LogP contribution in [0.2, 0.25) is 5.02 Å². The van der Waals surface area contributed by atoms with E-state index in [4.69, 9.17) is 16.0 Å². The molecule has 0 atom stereocenters. The molecule has 1 amide bonds. The van der Waals surface area contributed by atoms with E-state index >= 15 is 0 Å². The van der Waals surface area contributed by atoms with Crippen molar-refractivity contribution in [2.45, 2.75) is 18.6 Å². The molecule has 2 heterocycles. The molecule has 4 rings (SSSR count). The maximum atomic E-state index is 12.8. The monoisotopic (exact) mass is 413 g/mol. The zero-order chi connectivity index (χ0) is 19.7. The Hall–Kier alpha value is -2.77. The molecule has 0 radical (unpaired) electrons. The minimum absolute atomic E-state index is 0.121. The molecule has 0 unspecified atom stereocenters. The third-order valence-corrected chi connectivity index (χ3v) is 5.45. The molecule has 2 aromatic carbocycles. The molecule has 0 aliphatic rings. The Morgan fingerprint density at radius 1 is 1.21 bits per heavy atom. The van der Waals surface area contributed by atoms with Gasteiger partial charge >= 0.3 is 0 Å². The largest absolute Gasteiger partial charge is 0.448 e. The van der Waals surface area contributed by atoms with Crippen LogP contribution in [0.25, 0.3) is 22.1 Å². The number of nitrogens with one attached hydrogen (secondary N) is 1. The van der Waals surface area contributed by atoms with Crippen molar-refractivity contribution < 1.29 is 9.21 Å². The van der Waals surface area contributed by atoms with E-state index in [9.17, 15) is 9.59 Å². The minimum Gasteiger partial charge on any atom is -0.448 e. The van der Waals surface area contributed by atoms with E-state index in [1.807, 2.05) is 25.1 Å². The fourth-order valence-electron chi connectivity index (χ4n) is 2.90. The third-order valence-electron chi connectivity index (χ3n) is 4.22. The molecular formula is C20H16ClN3O3S. The van der Waals surface area contributed by atoms with Gasteiger partial charge in [0.05, 0.1) is 5.75 Å².